The van der Waals surface area contributed by atoms with Crippen LogP contribution < -0.4 is 11.1 Å². The topological polar surface area (TPSA) is 55.1 Å². The van der Waals surface area contributed by atoms with Gasteiger partial charge in [-0.2, -0.15) is 0 Å². The maximum atomic E-state index is 12.0. The molecule has 0 aliphatic carbocycles. The number of aryl methyl sites for hydroxylation is 1. The van der Waals surface area contributed by atoms with Crippen LogP contribution >= 0.6 is 0 Å². The van der Waals surface area contributed by atoms with Gasteiger partial charge in [0.15, 0.2) is 5.78 Å². The number of hydrogen-bond acceptors (Lipinski definition) is 3. The molecule has 0 radical (unpaired) electrons. The highest BCUT2D eigenvalue weighted by molar-refractivity contribution is 5.97. The summed E-state index contributed by atoms with van der Waals surface area (Å²) in [6.45, 7) is 2.55. The standard InChI is InChI=1S/C16H18N2O/c1-12-7-8-13(11-15(12)17)16(19)9-10-18-14-5-3-2-4-6-14/h2-8,11,18H,9-10,17H2,1H3. The lowest BCUT2D eigenvalue weighted by Crippen LogP contribution is -2.09. The molecule has 3 heteroatoms. The molecule has 0 spiro atoms. The Morgan fingerprint density at radius 3 is 2.58 bits per heavy atom. The van der Waals surface area contributed by atoms with E-state index < -0.39 is 0 Å². The molecule has 2 rings (SSSR count). The molecule has 0 saturated heterocycles. The van der Waals surface area contributed by atoms with Gasteiger partial charge in [0.05, 0.1) is 0 Å². The summed E-state index contributed by atoms with van der Waals surface area (Å²) in [5.41, 5.74) is 9.18. The van der Waals surface area contributed by atoms with Crippen LogP contribution in [0, 0.1) is 6.92 Å². The molecule has 2 aromatic carbocycles. The smallest absolute Gasteiger partial charge is 0.164 e. The van der Waals surface area contributed by atoms with Crippen LogP contribution in [0.15, 0.2) is 48.5 Å². The first-order valence-electron chi connectivity index (χ1n) is 6.35. The lowest BCUT2D eigenvalue weighted by atomic mass is 10.0. The number of nitrogens with one attached hydrogen (secondary N) is 1. The van der Waals surface area contributed by atoms with Crippen molar-refractivity contribution in [2.75, 3.05) is 17.6 Å². The van der Waals surface area contributed by atoms with E-state index in [1.165, 1.54) is 0 Å². The summed E-state index contributed by atoms with van der Waals surface area (Å²) in [5.74, 6) is 0.107. The maximum Gasteiger partial charge on any atom is 0.164 e. The normalized spacial score (nSPS) is 10.2. The van der Waals surface area contributed by atoms with Gasteiger partial charge in [-0.3, -0.25) is 4.79 Å². The number of Topliss-reactive ketones (excluding diaryl/α,β-unsaturated/α-hetero) is 1. The second-order valence-corrected chi connectivity index (χ2v) is 4.54. The number of carbonyl (C=O) groups excluding carboxylic acids is 1. The van der Waals surface area contributed by atoms with Gasteiger partial charge in [-0.1, -0.05) is 30.3 Å². The van der Waals surface area contributed by atoms with Crippen molar-refractivity contribution in [1.29, 1.82) is 0 Å². The molecule has 3 nitrogen and oxygen atoms in total. The van der Waals surface area contributed by atoms with E-state index in [0.29, 0.717) is 24.2 Å². The van der Waals surface area contributed by atoms with E-state index in [2.05, 4.69) is 5.32 Å². The predicted molar refractivity (Wildman–Crippen MR) is 79.5 cm³/mol. The Morgan fingerprint density at radius 2 is 1.89 bits per heavy atom. The van der Waals surface area contributed by atoms with E-state index in [0.717, 1.165) is 11.3 Å². The van der Waals surface area contributed by atoms with Crippen molar-refractivity contribution < 1.29 is 4.79 Å². The van der Waals surface area contributed by atoms with Crippen LogP contribution in [0.2, 0.25) is 0 Å². The van der Waals surface area contributed by atoms with E-state index in [4.69, 9.17) is 5.73 Å². The zero-order valence-electron chi connectivity index (χ0n) is 11.0. The highest BCUT2D eigenvalue weighted by atomic mass is 16.1. The van der Waals surface area contributed by atoms with Gasteiger partial charge in [-0.15, -0.1) is 0 Å². The molecular weight excluding hydrogens is 236 g/mol. The highest BCUT2D eigenvalue weighted by Gasteiger charge is 2.06. The molecule has 0 bridgehead atoms. The van der Waals surface area contributed by atoms with E-state index in [-0.39, 0.29) is 5.78 Å². The SMILES string of the molecule is Cc1ccc(C(=O)CCNc2ccccc2)cc1N. The minimum absolute atomic E-state index is 0.107. The Morgan fingerprint density at radius 1 is 1.16 bits per heavy atom. The molecule has 0 heterocycles. The lowest BCUT2D eigenvalue weighted by Gasteiger charge is -2.07. The molecule has 0 unspecified atom stereocenters. The van der Waals surface area contributed by atoms with Gasteiger partial charge < -0.3 is 11.1 Å². The molecule has 2 aromatic rings. The van der Waals surface area contributed by atoms with Crippen molar-refractivity contribution in [2.45, 2.75) is 13.3 Å². The van der Waals surface area contributed by atoms with Gasteiger partial charge in [0.2, 0.25) is 0 Å². The summed E-state index contributed by atoms with van der Waals surface area (Å²) >= 11 is 0. The average Bonchev–Trinajstić information content (AvgIpc) is 2.43. The molecule has 0 saturated carbocycles. The summed E-state index contributed by atoms with van der Waals surface area (Å²) in [7, 11) is 0. The van der Waals surface area contributed by atoms with Crippen molar-refractivity contribution in [2.24, 2.45) is 0 Å². The summed E-state index contributed by atoms with van der Waals surface area (Å²) < 4.78 is 0. The molecule has 0 aliphatic rings. The molecule has 0 amide bonds. The Labute approximate surface area is 113 Å². The van der Waals surface area contributed by atoms with Crippen LogP contribution in [-0.2, 0) is 0 Å². The van der Waals surface area contributed by atoms with Gasteiger partial charge in [0, 0.05) is 29.9 Å². The van der Waals surface area contributed by atoms with Crippen molar-refractivity contribution in [3.8, 4) is 0 Å². The fourth-order valence-corrected chi connectivity index (χ4v) is 1.83. The number of para-hydroxylation sites is 1. The second-order valence-electron chi connectivity index (χ2n) is 4.54. The van der Waals surface area contributed by atoms with Crippen LogP contribution in [0.3, 0.4) is 0 Å². The Balaban J connectivity index is 1.89. The van der Waals surface area contributed by atoms with Crippen LogP contribution in [-0.4, -0.2) is 12.3 Å². The molecule has 3 N–H and O–H groups in total. The molecule has 0 aliphatic heterocycles. The Bertz CT molecular complexity index is 564. The number of hydrogen-bond donors (Lipinski definition) is 2. The fourth-order valence-electron chi connectivity index (χ4n) is 1.83. The third kappa shape index (κ3) is 3.58. The number of nitrogen functional groups attached to an aromatic ring is 1. The lowest BCUT2D eigenvalue weighted by molar-refractivity contribution is 0.0986. The summed E-state index contributed by atoms with van der Waals surface area (Å²) in [5, 5.41) is 3.22. The molecule has 0 fully saturated rings. The highest BCUT2D eigenvalue weighted by Crippen LogP contribution is 2.14. The number of nitrogens with two attached hydrogens (primary N) is 1. The first-order chi connectivity index (χ1) is 9.16. The van der Waals surface area contributed by atoms with E-state index >= 15 is 0 Å². The maximum absolute atomic E-state index is 12.0. The fraction of sp³-hybridized carbons (Fsp3) is 0.188. The van der Waals surface area contributed by atoms with E-state index in [1.807, 2.05) is 49.4 Å². The van der Waals surface area contributed by atoms with Crippen LogP contribution in [0.25, 0.3) is 0 Å². The first-order valence-corrected chi connectivity index (χ1v) is 6.35. The third-order valence-electron chi connectivity index (χ3n) is 3.06. The van der Waals surface area contributed by atoms with Crippen LogP contribution in [0.1, 0.15) is 22.3 Å². The number of ketones is 1. The van der Waals surface area contributed by atoms with Crippen molar-refractivity contribution in [3.63, 3.8) is 0 Å². The van der Waals surface area contributed by atoms with Crippen molar-refractivity contribution in [1.82, 2.24) is 0 Å². The van der Waals surface area contributed by atoms with Gasteiger partial charge in [-0.25, -0.2) is 0 Å². The average molecular weight is 254 g/mol. The zero-order chi connectivity index (χ0) is 13.7. The van der Waals surface area contributed by atoms with Crippen LogP contribution in [0.4, 0.5) is 11.4 Å². The quantitative estimate of drug-likeness (QED) is 0.636. The number of rotatable bonds is 5. The molecular formula is C16H18N2O. The van der Waals surface area contributed by atoms with Crippen molar-refractivity contribution in [3.05, 3.63) is 59.7 Å². The molecule has 0 aromatic heterocycles. The predicted octanol–water partition coefficient (Wildman–Crippen LogP) is 3.26. The van der Waals surface area contributed by atoms with Gasteiger partial charge >= 0.3 is 0 Å². The first kappa shape index (κ1) is 13.1. The third-order valence-corrected chi connectivity index (χ3v) is 3.06. The molecule has 0 atom stereocenters. The zero-order valence-corrected chi connectivity index (χ0v) is 11.0. The van der Waals surface area contributed by atoms with Gasteiger partial charge in [0.25, 0.3) is 0 Å². The van der Waals surface area contributed by atoms with Gasteiger partial charge in [0.1, 0.15) is 0 Å². The minimum atomic E-state index is 0.107. The molecule has 19 heavy (non-hydrogen) atoms. The van der Waals surface area contributed by atoms with E-state index in [1.54, 1.807) is 6.07 Å². The van der Waals surface area contributed by atoms with Crippen molar-refractivity contribution >= 4 is 17.2 Å². The summed E-state index contributed by atoms with van der Waals surface area (Å²) in [4.78, 5) is 12.0. The number of benzene rings is 2. The monoisotopic (exact) mass is 254 g/mol. The van der Waals surface area contributed by atoms with Crippen LogP contribution in [0.5, 0.6) is 0 Å². The summed E-state index contributed by atoms with van der Waals surface area (Å²) in [6.07, 6.45) is 0.456. The molecule has 98 valence electrons. The Hall–Kier alpha value is -2.29. The second kappa shape index (κ2) is 6.05. The Kier molecular flexibility index (Phi) is 4.18. The van der Waals surface area contributed by atoms with E-state index in [9.17, 15) is 4.79 Å². The minimum Gasteiger partial charge on any atom is -0.398 e. The number of anilines is 2. The number of carbonyl (C=O) groups is 1. The largest absolute Gasteiger partial charge is 0.398 e. The summed E-state index contributed by atoms with van der Waals surface area (Å²) in [6, 6.07) is 15.3. The van der Waals surface area contributed by atoms with Gasteiger partial charge in [-0.05, 0) is 30.7 Å².